The zero-order valence-electron chi connectivity index (χ0n) is 54.0. The van der Waals surface area contributed by atoms with Crippen molar-refractivity contribution in [2.45, 2.75) is 41.5 Å². The number of nitrogens with zero attached hydrogens (tertiary/aromatic N) is 1. The molecule has 0 saturated heterocycles. The number of thiophene rings is 1. The third kappa shape index (κ3) is 7.82. The van der Waals surface area contributed by atoms with Crippen LogP contribution in [0, 0.1) is 41.5 Å². The molecule has 17 aromatic carbocycles. The number of benzene rings is 17. The van der Waals surface area contributed by atoms with Gasteiger partial charge in [0.15, 0.2) is 0 Å². The summed E-state index contributed by atoms with van der Waals surface area (Å²) in [5, 5.41) is 25.2. The normalized spacial score (nSPS) is 12.3. The fourth-order valence-electron chi connectivity index (χ4n) is 17.4. The standard InChI is InChI=1S/C46H27NO.C46H34OS/c1-4-12-28(13-5-1)30-22-24-33-39(26-30)47(32-16-8-3-9-17-32)45-37-20-11-21-38-42(37)41-35(43(33)45)18-10-19-36(41)44-34-25-23-31(27-40(34)48-46(38)44)29-14-6-2-7-15-29;1-23-17-25(3)39(26(4)18-23)29-13-15-31-37(21-29)47-45-35-11-8-12-36-42(35)41-33(43(31)45)9-7-10-34(41)44-32-16-14-30(22-38(32)48-46(36)44)40-27(5)19-24(2)20-28(40)6/h1-27H;7-22H,1-6H3. The smallest absolute Gasteiger partial charge is 0.143 e. The van der Waals surface area contributed by atoms with E-state index in [1.165, 1.54) is 190 Å². The van der Waals surface area contributed by atoms with Crippen molar-refractivity contribution in [3.8, 4) is 50.2 Å². The Bertz CT molecular complexity index is 6620. The van der Waals surface area contributed by atoms with Gasteiger partial charge in [-0.1, -0.05) is 223 Å². The van der Waals surface area contributed by atoms with Crippen molar-refractivity contribution in [1.29, 1.82) is 0 Å². The van der Waals surface area contributed by atoms with Gasteiger partial charge in [-0.2, -0.15) is 0 Å². The van der Waals surface area contributed by atoms with Crippen LogP contribution in [0.3, 0.4) is 0 Å². The maximum absolute atomic E-state index is 6.90. The molecule has 4 heteroatoms. The molecule has 0 aliphatic rings. The molecule has 0 unspecified atom stereocenters. The first-order chi connectivity index (χ1) is 47.1. The van der Waals surface area contributed by atoms with Crippen LogP contribution in [-0.2, 0) is 0 Å². The van der Waals surface area contributed by atoms with Crippen molar-refractivity contribution in [3.05, 3.63) is 294 Å². The maximum atomic E-state index is 6.90. The summed E-state index contributed by atoms with van der Waals surface area (Å²) in [7, 11) is 0. The van der Waals surface area contributed by atoms with Gasteiger partial charge in [-0.3, -0.25) is 0 Å². The van der Waals surface area contributed by atoms with Crippen molar-refractivity contribution in [2.24, 2.45) is 0 Å². The van der Waals surface area contributed by atoms with Crippen molar-refractivity contribution in [2.75, 3.05) is 0 Å². The van der Waals surface area contributed by atoms with Gasteiger partial charge in [0.2, 0.25) is 0 Å². The Morgan fingerprint density at radius 1 is 0.271 bits per heavy atom. The summed E-state index contributed by atoms with van der Waals surface area (Å²) in [6.45, 7) is 13.3. The number of fused-ring (bicyclic) bond motifs is 20. The molecule has 0 atom stereocenters. The van der Waals surface area contributed by atoms with Crippen LogP contribution in [0.15, 0.2) is 270 Å². The molecular weight excluding hydrogens is 1180 g/mol. The molecule has 0 aliphatic carbocycles. The second kappa shape index (κ2) is 20.5. The SMILES string of the molecule is Cc1cc(C)c(-c2ccc3c(c2)oc2c4cccc5c6sc7cc(-c8c(C)cc(C)cc8C)ccc7c6c6cccc(c32)c6c45)c(C)c1.c1ccc(-c2ccc3c(c2)oc2c4cccc5c4c4c(cccc4c4c6ccc(-c7ccccc7)cc6n(-c6ccccc6)c54)c32)cc1. The number of furan rings is 2. The highest BCUT2D eigenvalue weighted by Crippen LogP contribution is 2.54. The molecule has 0 fully saturated rings. The average Bonchev–Trinajstić information content (AvgIpc) is 1.46. The molecule has 0 N–H and O–H groups in total. The van der Waals surface area contributed by atoms with Gasteiger partial charge in [0, 0.05) is 90.5 Å². The van der Waals surface area contributed by atoms with Gasteiger partial charge in [-0.25, -0.2) is 0 Å². The van der Waals surface area contributed by atoms with E-state index in [1.807, 2.05) is 11.3 Å². The maximum Gasteiger partial charge on any atom is 0.143 e. The summed E-state index contributed by atoms with van der Waals surface area (Å²) in [6.07, 6.45) is 0. The van der Waals surface area contributed by atoms with Gasteiger partial charge in [0.1, 0.15) is 22.3 Å². The lowest BCUT2D eigenvalue weighted by Crippen LogP contribution is -1.95. The summed E-state index contributed by atoms with van der Waals surface area (Å²) in [5.41, 5.74) is 25.2. The Morgan fingerprint density at radius 2 is 0.677 bits per heavy atom. The van der Waals surface area contributed by atoms with Gasteiger partial charge in [-0.15, -0.1) is 11.3 Å². The molecule has 0 spiro atoms. The summed E-state index contributed by atoms with van der Waals surface area (Å²) < 4.78 is 18.9. The molecule has 96 heavy (non-hydrogen) atoms. The Balaban J connectivity index is 0.000000131. The molecule has 0 radical (unpaired) electrons. The van der Waals surface area contributed by atoms with E-state index < -0.39 is 0 Å². The highest BCUT2D eigenvalue weighted by Gasteiger charge is 2.27. The van der Waals surface area contributed by atoms with Gasteiger partial charge in [0.25, 0.3) is 0 Å². The second-order valence-corrected chi connectivity index (χ2v) is 27.9. The van der Waals surface area contributed by atoms with E-state index in [2.05, 4.69) is 307 Å². The minimum atomic E-state index is 0.917. The van der Waals surface area contributed by atoms with Crippen molar-refractivity contribution >= 4 is 162 Å². The zero-order valence-corrected chi connectivity index (χ0v) is 54.8. The number of para-hydroxylation sites is 1. The molecular formula is C92H61NO2S. The van der Waals surface area contributed by atoms with Crippen LogP contribution in [0.1, 0.15) is 33.4 Å². The first-order valence-electron chi connectivity index (χ1n) is 33.4. The van der Waals surface area contributed by atoms with Crippen LogP contribution >= 0.6 is 11.3 Å². The minimum Gasteiger partial charge on any atom is -0.455 e. The largest absolute Gasteiger partial charge is 0.455 e. The molecule has 4 aromatic heterocycles. The lowest BCUT2D eigenvalue weighted by atomic mass is 9.88. The Morgan fingerprint density at radius 3 is 1.23 bits per heavy atom. The third-order valence-electron chi connectivity index (χ3n) is 21.0. The minimum absolute atomic E-state index is 0.917. The second-order valence-electron chi connectivity index (χ2n) is 26.9. The van der Waals surface area contributed by atoms with Crippen LogP contribution in [-0.4, -0.2) is 4.57 Å². The van der Waals surface area contributed by atoms with Gasteiger partial charge in [-0.05, 0) is 189 Å². The van der Waals surface area contributed by atoms with Gasteiger partial charge < -0.3 is 13.4 Å². The molecule has 21 aromatic rings. The third-order valence-corrected chi connectivity index (χ3v) is 22.2. The predicted octanol–water partition coefficient (Wildman–Crippen LogP) is 27.0. The van der Waals surface area contributed by atoms with Gasteiger partial charge in [0.05, 0.1) is 11.0 Å². The lowest BCUT2D eigenvalue weighted by molar-refractivity contribution is 0.672. The number of aromatic nitrogens is 1. The van der Waals surface area contributed by atoms with Crippen LogP contribution in [0.2, 0.25) is 0 Å². The molecule has 3 nitrogen and oxygen atoms in total. The summed E-state index contributed by atoms with van der Waals surface area (Å²) in [4.78, 5) is 0. The monoisotopic (exact) mass is 1240 g/mol. The summed E-state index contributed by atoms with van der Waals surface area (Å²) >= 11 is 1.93. The Hall–Kier alpha value is -11.6. The number of rotatable bonds is 5. The van der Waals surface area contributed by atoms with E-state index >= 15 is 0 Å². The molecule has 0 saturated carbocycles. The van der Waals surface area contributed by atoms with Gasteiger partial charge >= 0.3 is 0 Å². The first-order valence-corrected chi connectivity index (χ1v) is 34.2. The number of hydrogen-bond acceptors (Lipinski definition) is 3. The quantitative estimate of drug-likeness (QED) is 0.161. The fourth-order valence-corrected chi connectivity index (χ4v) is 18.7. The molecule has 0 amide bonds. The van der Waals surface area contributed by atoms with E-state index in [4.69, 9.17) is 8.83 Å². The van der Waals surface area contributed by atoms with E-state index in [9.17, 15) is 0 Å². The number of hydrogen-bond donors (Lipinski definition) is 0. The first kappa shape index (κ1) is 54.9. The Labute approximate surface area is 557 Å². The fraction of sp³-hybridized carbons (Fsp3) is 0.0652. The van der Waals surface area contributed by atoms with E-state index in [0.29, 0.717) is 0 Å². The predicted molar refractivity (Wildman–Crippen MR) is 412 cm³/mol. The molecule has 0 aliphatic heterocycles. The van der Waals surface area contributed by atoms with Crippen LogP contribution in [0.4, 0.5) is 0 Å². The van der Waals surface area contributed by atoms with Crippen molar-refractivity contribution in [3.63, 3.8) is 0 Å². The highest BCUT2D eigenvalue weighted by molar-refractivity contribution is 7.27. The average molecular weight is 1240 g/mol. The molecule has 452 valence electrons. The summed E-state index contributed by atoms with van der Waals surface area (Å²) in [6, 6.07) is 96.0. The highest BCUT2D eigenvalue weighted by atomic mass is 32.1. The van der Waals surface area contributed by atoms with Crippen LogP contribution < -0.4 is 0 Å². The number of aryl methyl sites for hydroxylation is 6. The molecule has 4 heterocycles. The van der Waals surface area contributed by atoms with E-state index in [0.717, 1.165) is 44.4 Å². The van der Waals surface area contributed by atoms with E-state index in [-0.39, 0.29) is 0 Å². The molecule has 21 rings (SSSR count). The molecule has 0 bridgehead atoms. The zero-order chi connectivity index (χ0) is 63.9. The van der Waals surface area contributed by atoms with Crippen LogP contribution in [0.25, 0.3) is 201 Å². The lowest BCUT2D eigenvalue weighted by Gasteiger charge is -2.16. The van der Waals surface area contributed by atoms with Crippen LogP contribution in [0.5, 0.6) is 0 Å². The van der Waals surface area contributed by atoms with E-state index in [1.54, 1.807) is 0 Å². The topological polar surface area (TPSA) is 31.2 Å². The van der Waals surface area contributed by atoms with Crippen molar-refractivity contribution in [1.82, 2.24) is 4.57 Å². The van der Waals surface area contributed by atoms with Crippen molar-refractivity contribution < 1.29 is 8.83 Å². The summed E-state index contributed by atoms with van der Waals surface area (Å²) in [5.74, 6) is 0. The Kier molecular flexibility index (Phi) is 11.7.